The molecule has 0 aliphatic carbocycles. The van der Waals surface area contributed by atoms with E-state index < -0.39 is 17.9 Å². The zero-order valence-electron chi connectivity index (χ0n) is 10.5. The number of benzene rings is 1. The Hall–Kier alpha value is -2.01. The summed E-state index contributed by atoms with van der Waals surface area (Å²) in [5, 5.41) is 11.3. The molecule has 2 aromatic rings. The standard InChI is InChI=1S/C14H14FNO3/c1-2-19-14(18)7-13(17)11-6-10(15)5-9-3-4-16-8-12(9)11/h3-6,8,13,17H,2,7H2,1H3. The van der Waals surface area contributed by atoms with Crippen LogP contribution in [0.5, 0.6) is 0 Å². The van der Waals surface area contributed by atoms with E-state index in [-0.39, 0.29) is 13.0 Å². The molecule has 1 N–H and O–H groups in total. The van der Waals surface area contributed by atoms with Gasteiger partial charge in [0.05, 0.1) is 19.1 Å². The third kappa shape index (κ3) is 3.06. The smallest absolute Gasteiger partial charge is 0.308 e. The fourth-order valence-corrected chi connectivity index (χ4v) is 1.95. The summed E-state index contributed by atoms with van der Waals surface area (Å²) in [5.41, 5.74) is 0.344. The Labute approximate surface area is 109 Å². The van der Waals surface area contributed by atoms with Crippen molar-refractivity contribution in [2.45, 2.75) is 19.4 Å². The van der Waals surface area contributed by atoms with Crippen molar-refractivity contribution < 1.29 is 19.0 Å². The van der Waals surface area contributed by atoms with Crippen molar-refractivity contribution in [2.24, 2.45) is 0 Å². The van der Waals surface area contributed by atoms with Crippen molar-refractivity contribution in [3.8, 4) is 0 Å². The minimum Gasteiger partial charge on any atom is -0.466 e. The Kier molecular flexibility index (Phi) is 4.06. The number of ether oxygens (including phenoxy) is 1. The van der Waals surface area contributed by atoms with Gasteiger partial charge in [0.15, 0.2) is 0 Å². The minimum atomic E-state index is -1.11. The monoisotopic (exact) mass is 263 g/mol. The Bertz CT molecular complexity index is 600. The van der Waals surface area contributed by atoms with E-state index in [4.69, 9.17) is 4.74 Å². The maximum atomic E-state index is 13.5. The topological polar surface area (TPSA) is 59.4 Å². The first kappa shape index (κ1) is 13.4. The highest BCUT2D eigenvalue weighted by molar-refractivity contribution is 5.85. The van der Waals surface area contributed by atoms with Crippen LogP contribution < -0.4 is 0 Å². The number of hydrogen-bond donors (Lipinski definition) is 1. The number of carbonyl (C=O) groups is 1. The predicted molar refractivity (Wildman–Crippen MR) is 67.9 cm³/mol. The number of aliphatic hydroxyl groups is 1. The fourth-order valence-electron chi connectivity index (χ4n) is 1.95. The van der Waals surface area contributed by atoms with Crippen LogP contribution in [0, 0.1) is 5.82 Å². The summed E-state index contributed by atoms with van der Waals surface area (Å²) in [4.78, 5) is 15.3. The highest BCUT2D eigenvalue weighted by Crippen LogP contribution is 2.27. The van der Waals surface area contributed by atoms with Crippen LogP contribution in [-0.4, -0.2) is 22.7 Å². The summed E-state index contributed by atoms with van der Waals surface area (Å²) in [6, 6.07) is 4.23. The van der Waals surface area contributed by atoms with Crippen LogP contribution in [-0.2, 0) is 9.53 Å². The number of hydrogen-bond acceptors (Lipinski definition) is 4. The summed E-state index contributed by atoms with van der Waals surface area (Å²) in [6.45, 7) is 1.93. The molecule has 1 atom stereocenters. The molecule has 0 amide bonds. The lowest BCUT2D eigenvalue weighted by atomic mass is 10.00. The van der Waals surface area contributed by atoms with Gasteiger partial charge in [-0.15, -0.1) is 0 Å². The Morgan fingerprint density at radius 1 is 1.53 bits per heavy atom. The molecule has 0 aliphatic rings. The van der Waals surface area contributed by atoms with Gasteiger partial charge in [0, 0.05) is 17.8 Å². The van der Waals surface area contributed by atoms with Gasteiger partial charge in [-0.25, -0.2) is 4.39 Å². The van der Waals surface area contributed by atoms with Crippen molar-refractivity contribution in [1.29, 1.82) is 0 Å². The van der Waals surface area contributed by atoms with E-state index in [0.29, 0.717) is 16.3 Å². The van der Waals surface area contributed by atoms with Crippen LogP contribution in [0.4, 0.5) is 4.39 Å². The van der Waals surface area contributed by atoms with Crippen LogP contribution in [0.2, 0.25) is 0 Å². The van der Waals surface area contributed by atoms with Gasteiger partial charge in [0.2, 0.25) is 0 Å². The van der Waals surface area contributed by atoms with E-state index in [1.165, 1.54) is 12.1 Å². The molecule has 0 bridgehead atoms. The molecule has 0 spiro atoms. The highest BCUT2D eigenvalue weighted by atomic mass is 19.1. The lowest BCUT2D eigenvalue weighted by molar-refractivity contribution is -0.145. The van der Waals surface area contributed by atoms with Gasteiger partial charge < -0.3 is 9.84 Å². The molecule has 1 aromatic carbocycles. The molecule has 19 heavy (non-hydrogen) atoms. The second-order valence-electron chi connectivity index (χ2n) is 4.12. The minimum absolute atomic E-state index is 0.207. The van der Waals surface area contributed by atoms with Crippen molar-refractivity contribution in [3.63, 3.8) is 0 Å². The molecule has 0 fully saturated rings. The third-order valence-corrected chi connectivity index (χ3v) is 2.78. The number of aromatic nitrogens is 1. The number of carbonyl (C=O) groups excluding carboxylic acids is 1. The Balaban J connectivity index is 2.35. The van der Waals surface area contributed by atoms with Crippen LogP contribution in [0.1, 0.15) is 25.0 Å². The van der Waals surface area contributed by atoms with Crippen molar-refractivity contribution in [1.82, 2.24) is 4.98 Å². The quantitative estimate of drug-likeness (QED) is 0.860. The van der Waals surface area contributed by atoms with Gasteiger partial charge >= 0.3 is 5.97 Å². The molecule has 1 aromatic heterocycles. The molecule has 0 radical (unpaired) electrons. The van der Waals surface area contributed by atoms with Gasteiger partial charge in [-0.2, -0.15) is 0 Å². The summed E-state index contributed by atoms with van der Waals surface area (Å²) in [6.07, 6.45) is 1.77. The number of rotatable bonds is 4. The first-order valence-corrected chi connectivity index (χ1v) is 5.98. The number of aliphatic hydroxyl groups excluding tert-OH is 1. The van der Waals surface area contributed by atoms with Crippen LogP contribution in [0.15, 0.2) is 30.6 Å². The first-order chi connectivity index (χ1) is 9.11. The summed E-state index contributed by atoms with van der Waals surface area (Å²) in [5.74, 6) is -0.979. The molecule has 2 rings (SSSR count). The van der Waals surface area contributed by atoms with Crippen molar-refractivity contribution in [3.05, 3.63) is 42.0 Å². The molecule has 100 valence electrons. The largest absolute Gasteiger partial charge is 0.466 e. The first-order valence-electron chi connectivity index (χ1n) is 5.98. The van der Waals surface area contributed by atoms with Gasteiger partial charge in [-0.05, 0) is 36.1 Å². The lowest BCUT2D eigenvalue weighted by Crippen LogP contribution is -2.10. The normalized spacial score (nSPS) is 12.4. The molecule has 1 unspecified atom stereocenters. The van der Waals surface area contributed by atoms with Crippen LogP contribution >= 0.6 is 0 Å². The van der Waals surface area contributed by atoms with Gasteiger partial charge in [0.1, 0.15) is 5.82 Å². The molecule has 5 heteroatoms. The summed E-state index contributed by atoms with van der Waals surface area (Å²) in [7, 11) is 0. The summed E-state index contributed by atoms with van der Waals surface area (Å²) >= 11 is 0. The van der Waals surface area contributed by atoms with Gasteiger partial charge in [-0.1, -0.05) is 0 Å². The zero-order valence-corrected chi connectivity index (χ0v) is 10.5. The zero-order chi connectivity index (χ0) is 13.8. The van der Waals surface area contributed by atoms with Crippen molar-refractivity contribution >= 4 is 16.7 Å². The fraction of sp³-hybridized carbons (Fsp3) is 0.286. The van der Waals surface area contributed by atoms with Gasteiger partial charge in [-0.3, -0.25) is 9.78 Å². The van der Waals surface area contributed by atoms with E-state index in [2.05, 4.69) is 4.98 Å². The lowest BCUT2D eigenvalue weighted by Gasteiger charge is -2.13. The number of pyridine rings is 1. The van der Waals surface area contributed by atoms with Crippen molar-refractivity contribution in [2.75, 3.05) is 6.61 Å². The second-order valence-corrected chi connectivity index (χ2v) is 4.12. The molecule has 0 aliphatic heterocycles. The molecule has 0 saturated heterocycles. The average Bonchev–Trinajstić information content (AvgIpc) is 2.37. The number of halogens is 1. The SMILES string of the molecule is CCOC(=O)CC(O)c1cc(F)cc2ccncc12. The number of nitrogens with zero attached hydrogens (tertiary/aromatic N) is 1. The molecule has 0 saturated carbocycles. The average molecular weight is 263 g/mol. The molecular formula is C14H14FNO3. The Morgan fingerprint density at radius 3 is 3.05 bits per heavy atom. The third-order valence-electron chi connectivity index (χ3n) is 2.78. The maximum Gasteiger partial charge on any atom is 0.308 e. The predicted octanol–water partition coefficient (Wildman–Crippen LogP) is 2.36. The molecule has 1 heterocycles. The summed E-state index contributed by atoms with van der Waals surface area (Å²) < 4.78 is 18.3. The van der Waals surface area contributed by atoms with Crippen LogP contribution in [0.25, 0.3) is 10.8 Å². The van der Waals surface area contributed by atoms with Crippen LogP contribution in [0.3, 0.4) is 0 Å². The van der Waals surface area contributed by atoms with E-state index >= 15 is 0 Å². The highest BCUT2D eigenvalue weighted by Gasteiger charge is 2.17. The van der Waals surface area contributed by atoms with E-state index in [9.17, 15) is 14.3 Å². The maximum absolute atomic E-state index is 13.5. The second kappa shape index (κ2) is 5.75. The number of fused-ring (bicyclic) bond motifs is 1. The Morgan fingerprint density at radius 2 is 2.32 bits per heavy atom. The van der Waals surface area contributed by atoms with Gasteiger partial charge in [0.25, 0.3) is 0 Å². The molecular weight excluding hydrogens is 249 g/mol. The van der Waals surface area contributed by atoms with E-state index in [1.807, 2.05) is 0 Å². The number of esters is 1. The van der Waals surface area contributed by atoms with E-state index in [1.54, 1.807) is 25.4 Å². The van der Waals surface area contributed by atoms with E-state index in [0.717, 1.165) is 0 Å². The molecule has 4 nitrogen and oxygen atoms in total.